The van der Waals surface area contributed by atoms with Gasteiger partial charge in [-0.1, -0.05) is 46.8 Å². The van der Waals surface area contributed by atoms with Gasteiger partial charge in [-0.2, -0.15) is 0 Å². The molecule has 0 atom stereocenters. The molecule has 0 spiro atoms. The van der Waals surface area contributed by atoms with Crippen LogP contribution in [-0.4, -0.2) is 11.0 Å². The number of thiocarbonyl (C=S) groups is 1. The van der Waals surface area contributed by atoms with Crippen molar-refractivity contribution in [1.29, 1.82) is 0 Å². The Labute approximate surface area is 138 Å². The van der Waals surface area contributed by atoms with Gasteiger partial charge in [0, 0.05) is 11.3 Å². The quantitative estimate of drug-likeness (QED) is 0.625. The van der Waals surface area contributed by atoms with E-state index in [1.165, 1.54) is 0 Å². The first-order chi connectivity index (χ1) is 9.90. The molecule has 0 bridgehead atoms. The first-order valence-corrected chi connectivity index (χ1v) is 7.47. The van der Waals surface area contributed by atoms with Crippen LogP contribution in [0, 0.1) is 0 Å². The molecule has 1 aromatic carbocycles. The van der Waals surface area contributed by atoms with Crippen molar-refractivity contribution in [1.82, 2.24) is 10.6 Å². The van der Waals surface area contributed by atoms with Crippen LogP contribution in [0.15, 0.2) is 64.8 Å². The Bertz CT molecular complexity index is 602. The Hall–Kier alpha value is -1.72. The van der Waals surface area contributed by atoms with E-state index in [4.69, 9.17) is 12.2 Å². The molecule has 21 heavy (non-hydrogen) atoms. The number of benzene rings is 1. The molecule has 0 radical (unpaired) electrons. The minimum absolute atomic E-state index is 0.218. The summed E-state index contributed by atoms with van der Waals surface area (Å²) >= 11 is 8.47. The van der Waals surface area contributed by atoms with Crippen molar-refractivity contribution in [3.8, 4) is 0 Å². The van der Waals surface area contributed by atoms with E-state index >= 15 is 0 Å². The van der Waals surface area contributed by atoms with Gasteiger partial charge in [-0.15, -0.1) is 0 Å². The molecule has 1 aromatic rings. The predicted octanol–water partition coefficient (Wildman–Crippen LogP) is 4.05. The van der Waals surface area contributed by atoms with E-state index in [1.54, 1.807) is 30.3 Å². The van der Waals surface area contributed by atoms with Crippen molar-refractivity contribution in [2.45, 2.75) is 13.8 Å². The van der Waals surface area contributed by atoms with Gasteiger partial charge in [0.25, 0.3) is 5.91 Å². The van der Waals surface area contributed by atoms with Crippen LogP contribution in [0.5, 0.6) is 0 Å². The molecule has 1 amide bonds. The van der Waals surface area contributed by atoms with E-state index in [1.807, 2.05) is 26.0 Å². The third kappa shape index (κ3) is 6.51. The molecule has 1 rings (SSSR count). The maximum absolute atomic E-state index is 11.9. The summed E-state index contributed by atoms with van der Waals surface area (Å²) in [5.41, 5.74) is 2.23. The van der Waals surface area contributed by atoms with E-state index in [0.717, 1.165) is 10.1 Å². The molecule has 0 fully saturated rings. The van der Waals surface area contributed by atoms with E-state index in [2.05, 4.69) is 33.1 Å². The highest BCUT2D eigenvalue weighted by Crippen LogP contribution is 2.11. The highest BCUT2D eigenvalue weighted by Gasteiger charge is 2.06. The van der Waals surface area contributed by atoms with Crippen molar-refractivity contribution in [2.75, 3.05) is 0 Å². The van der Waals surface area contributed by atoms with Gasteiger partial charge >= 0.3 is 0 Å². The summed E-state index contributed by atoms with van der Waals surface area (Å²) in [6.45, 7) is 7.77. The lowest BCUT2D eigenvalue weighted by molar-refractivity contribution is 0.0977. The van der Waals surface area contributed by atoms with Gasteiger partial charge in [-0.05, 0) is 54.3 Å². The van der Waals surface area contributed by atoms with E-state index in [9.17, 15) is 4.79 Å². The molecule has 0 saturated carbocycles. The molecule has 5 heteroatoms. The third-order valence-electron chi connectivity index (χ3n) is 2.62. The fourth-order valence-corrected chi connectivity index (χ4v) is 1.68. The second kappa shape index (κ2) is 8.54. The van der Waals surface area contributed by atoms with Crippen molar-refractivity contribution in [3.63, 3.8) is 0 Å². The number of rotatable bonds is 4. The van der Waals surface area contributed by atoms with Crippen LogP contribution in [0.4, 0.5) is 0 Å². The van der Waals surface area contributed by atoms with Crippen LogP contribution >= 0.6 is 28.1 Å². The first kappa shape index (κ1) is 17.3. The van der Waals surface area contributed by atoms with Crippen molar-refractivity contribution in [3.05, 3.63) is 70.4 Å². The van der Waals surface area contributed by atoms with Crippen LogP contribution in [0.3, 0.4) is 0 Å². The molecule has 110 valence electrons. The molecule has 0 aromatic heterocycles. The molecule has 3 nitrogen and oxygen atoms in total. The average molecular weight is 365 g/mol. The monoisotopic (exact) mass is 364 g/mol. The van der Waals surface area contributed by atoms with Gasteiger partial charge in [0.05, 0.1) is 0 Å². The van der Waals surface area contributed by atoms with Crippen molar-refractivity contribution < 1.29 is 4.79 Å². The Morgan fingerprint density at radius 2 is 1.81 bits per heavy atom. The van der Waals surface area contributed by atoms with Crippen LogP contribution < -0.4 is 10.6 Å². The largest absolute Gasteiger partial charge is 0.333 e. The number of carbonyl (C=O) groups excluding carboxylic acids is 1. The minimum atomic E-state index is -0.253. The lowest BCUT2D eigenvalue weighted by atomic mass is 10.2. The number of hydrogen-bond acceptors (Lipinski definition) is 2. The molecule has 0 saturated heterocycles. The zero-order valence-electron chi connectivity index (χ0n) is 11.9. The normalized spacial score (nSPS) is 11.8. The topological polar surface area (TPSA) is 41.1 Å². The van der Waals surface area contributed by atoms with Gasteiger partial charge in [-0.3, -0.25) is 10.1 Å². The van der Waals surface area contributed by atoms with Crippen molar-refractivity contribution in [2.24, 2.45) is 0 Å². The first-order valence-electron chi connectivity index (χ1n) is 6.27. The molecule has 0 heterocycles. The lowest BCUT2D eigenvalue weighted by Crippen LogP contribution is -2.38. The lowest BCUT2D eigenvalue weighted by Gasteiger charge is -2.09. The Kier molecular flexibility index (Phi) is 7.05. The van der Waals surface area contributed by atoms with Gasteiger partial charge in [0.1, 0.15) is 0 Å². The number of halogens is 1. The summed E-state index contributed by atoms with van der Waals surface area (Å²) in [5.74, 6) is -0.253. The number of nitrogens with one attached hydrogen (secondary N) is 2. The maximum atomic E-state index is 11.9. The summed E-state index contributed by atoms with van der Waals surface area (Å²) in [6, 6.07) is 8.89. The van der Waals surface area contributed by atoms with Crippen molar-refractivity contribution >= 4 is 39.2 Å². The van der Waals surface area contributed by atoms with Crippen LogP contribution in [0.1, 0.15) is 24.2 Å². The molecular formula is C16H17BrN2OS. The molecule has 0 unspecified atom stereocenters. The van der Waals surface area contributed by atoms with E-state index in [-0.39, 0.29) is 11.0 Å². The SMILES string of the molecule is C=C(/C=C\C(C)=C(/C)Br)NC(=S)NC(=O)c1ccccc1. The number of carbonyl (C=O) groups is 1. The highest BCUT2D eigenvalue weighted by atomic mass is 79.9. The fraction of sp³-hybridized carbons (Fsp3) is 0.125. The average Bonchev–Trinajstić information content (AvgIpc) is 2.45. The van der Waals surface area contributed by atoms with Gasteiger partial charge in [-0.25, -0.2) is 0 Å². The number of amides is 1. The number of allylic oxidation sites excluding steroid dienone is 4. The molecule has 2 N–H and O–H groups in total. The summed E-state index contributed by atoms with van der Waals surface area (Å²) in [6.07, 6.45) is 3.70. The van der Waals surface area contributed by atoms with Crippen LogP contribution in [-0.2, 0) is 0 Å². The smallest absolute Gasteiger partial charge is 0.257 e. The Balaban J connectivity index is 2.53. The van der Waals surface area contributed by atoms with Crippen LogP contribution in [0.25, 0.3) is 0 Å². The fourth-order valence-electron chi connectivity index (χ4n) is 1.32. The molecule has 0 aliphatic carbocycles. The predicted molar refractivity (Wildman–Crippen MR) is 95.2 cm³/mol. The Morgan fingerprint density at radius 3 is 2.38 bits per heavy atom. The third-order valence-corrected chi connectivity index (χ3v) is 3.44. The molecule has 0 aliphatic rings. The minimum Gasteiger partial charge on any atom is -0.333 e. The maximum Gasteiger partial charge on any atom is 0.257 e. The Morgan fingerprint density at radius 1 is 1.19 bits per heavy atom. The standard InChI is InChI=1S/C16H17BrN2OS/c1-11(13(3)17)9-10-12(2)18-16(21)19-15(20)14-7-5-4-6-8-14/h4-10H,2H2,1,3H3,(H2,18,19,20,21)/b10-9-,13-11+. The van der Waals surface area contributed by atoms with E-state index < -0.39 is 0 Å². The van der Waals surface area contributed by atoms with Crippen LogP contribution in [0.2, 0.25) is 0 Å². The summed E-state index contributed by atoms with van der Waals surface area (Å²) in [7, 11) is 0. The zero-order chi connectivity index (χ0) is 15.8. The molecular weight excluding hydrogens is 348 g/mol. The van der Waals surface area contributed by atoms with Gasteiger partial charge in [0.2, 0.25) is 0 Å². The van der Waals surface area contributed by atoms with Gasteiger partial charge in [0.15, 0.2) is 5.11 Å². The highest BCUT2D eigenvalue weighted by molar-refractivity contribution is 9.11. The zero-order valence-corrected chi connectivity index (χ0v) is 14.3. The summed E-state index contributed by atoms with van der Waals surface area (Å²) < 4.78 is 1.05. The second-order valence-corrected chi connectivity index (χ2v) is 5.95. The van der Waals surface area contributed by atoms with E-state index in [0.29, 0.717) is 11.3 Å². The number of hydrogen-bond donors (Lipinski definition) is 2. The molecule has 0 aliphatic heterocycles. The second-order valence-electron chi connectivity index (χ2n) is 4.35. The summed E-state index contributed by atoms with van der Waals surface area (Å²) in [4.78, 5) is 11.9. The van der Waals surface area contributed by atoms with Gasteiger partial charge < -0.3 is 5.32 Å². The summed E-state index contributed by atoms with van der Waals surface area (Å²) in [5, 5.41) is 5.68.